The molecule has 0 heterocycles. The fourth-order valence-corrected chi connectivity index (χ4v) is 6.24. The first-order valence-electron chi connectivity index (χ1n) is 24.7. The van der Waals surface area contributed by atoms with E-state index in [1.807, 2.05) is 76.2 Å². The van der Waals surface area contributed by atoms with Crippen LogP contribution < -0.4 is 17.2 Å². The molecule has 0 radical (unpaired) electrons. The van der Waals surface area contributed by atoms with Crippen molar-refractivity contribution in [3.05, 3.63) is 142 Å². The lowest BCUT2D eigenvalue weighted by molar-refractivity contribution is -0.116. The van der Waals surface area contributed by atoms with E-state index < -0.39 is 0 Å². The van der Waals surface area contributed by atoms with E-state index in [-0.39, 0.29) is 17.4 Å². The number of hydrogen-bond donors (Lipinski definition) is 6. The Morgan fingerprint density at radius 2 is 1.21 bits per heavy atom. The highest BCUT2D eigenvalue weighted by atomic mass is 16.3. The number of carbonyl (C=O) groups excluding carboxylic acids is 2. The van der Waals surface area contributed by atoms with Gasteiger partial charge in [-0.15, -0.1) is 0 Å². The SMILES string of the molecule is CC.CC(=O)C(=C(C)O)C1=C(C=CC(=N)c2cccc3cccc(C)c23)CC/C1=C\C=C(\C)c1cccc2cccc(N)c12.CC(C)CO.CC(N)=O.CCC(C)C.CCC(C)C.CCCCN. The number of rotatable bonds is 12. The van der Waals surface area contributed by atoms with E-state index in [9.17, 15) is 14.7 Å². The number of ketones is 1. The van der Waals surface area contributed by atoms with Crippen LogP contribution in [0.2, 0.25) is 0 Å². The number of nitrogens with one attached hydrogen (secondary N) is 1. The van der Waals surface area contributed by atoms with E-state index in [1.165, 1.54) is 39.5 Å². The van der Waals surface area contributed by atoms with Gasteiger partial charge in [-0.2, -0.15) is 0 Å². The first-order chi connectivity index (χ1) is 32.1. The van der Waals surface area contributed by atoms with Gasteiger partial charge in [-0.05, 0) is 133 Å². The Hall–Kier alpha value is -5.57. The number of primary amides is 1. The molecule has 0 aromatic heterocycles. The highest BCUT2D eigenvalue weighted by Crippen LogP contribution is 2.39. The normalized spacial score (nSPS) is 12.9. The van der Waals surface area contributed by atoms with Crippen LogP contribution in [0.1, 0.15) is 159 Å². The predicted octanol–water partition coefficient (Wildman–Crippen LogP) is 15.4. The summed E-state index contributed by atoms with van der Waals surface area (Å²) in [4.78, 5) is 22.0. The molecule has 0 fully saturated rings. The molecule has 4 aromatic rings. The Kier molecular flexibility index (Phi) is 34.6. The Balaban J connectivity index is 0. The summed E-state index contributed by atoms with van der Waals surface area (Å²) in [6.07, 6.45) is 14.3. The van der Waals surface area contributed by atoms with E-state index in [1.54, 1.807) is 6.92 Å². The Labute approximate surface area is 413 Å². The number of aliphatic hydroxyl groups excluding tert-OH is 2. The third-order valence-corrected chi connectivity index (χ3v) is 10.6. The second-order valence-corrected chi connectivity index (χ2v) is 17.9. The van der Waals surface area contributed by atoms with Gasteiger partial charge in [-0.3, -0.25) is 9.59 Å². The summed E-state index contributed by atoms with van der Waals surface area (Å²) >= 11 is 0. The average Bonchev–Trinajstić information content (AvgIpc) is 3.69. The van der Waals surface area contributed by atoms with Gasteiger partial charge in [0.2, 0.25) is 5.91 Å². The van der Waals surface area contributed by atoms with Crippen LogP contribution in [0.5, 0.6) is 0 Å². The molecule has 5 rings (SSSR count). The number of fused-ring (bicyclic) bond motifs is 2. The monoisotopic (exact) mass is 933 g/mol. The number of hydrogen-bond acceptors (Lipinski definition) is 7. The molecule has 9 N–H and O–H groups in total. The number of carbonyl (C=O) groups is 2. The minimum Gasteiger partial charge on any atom is -0.512 e. The van der Waals surface area contributed by atoms with Gasteiger partial charge in [0.15, 0.2) is 5.78 Å². The number of unbranched alkanes of at least 4 members (excludes halogenated alkanes) is 1. The topological polar surface area (TPSA) is 177 Å². The molecule has 0 unspecified atom stereocenters. The molecule has 1 aliphatic rings. The van der Waals surface area contributed by atoms with Gasteiger partial charge < -0.3 is 32.8 Å². The third-order valence-electron chi connectivity index (χ3n) is 10.6. The number of aryl methyl sites for hydroxylation is 1. The standard InChI is InChI=1S/C38H36N2O2.2C5H12.C4H11N.C4H10O.C2H5NO.C2H6/c1-23(31-14-6-12-28-13-8-16-34(40)38(28)31)17-18-29-19-20-30(37(29)36(25(3)41)26(4)42)21-22-33(39)32-15-7-11-27-10-5-9-24(2)35(27)32;2*1-4-5(2)3;1-2-3-4-5;1-4(2)3-5;1-2(3)4;1-2/h5-18,21-22,39,41H,19-20,40H2,1-4H3;2*5H,4H2,1-3H3;2-5H2,1H3;4-5H,3H2,1-2H3;1H3,(H2,3,4);1-2H3/b22-21?,23-17-,29-18+,36-25?,39-33?;;;;;;. The second-order valence-electron chi connectivity index (χ2n) is 17.9. The van der Waals surface area contributed by atoms with Crippen molar-refractivity contribution < 1.29 is 19.8 Å². The smallest absolute Gasteiger partial charge is 0.214 e. The van der Waals surface area contributed by atoms with E-state index in [2.05, 4.69) is 117 Å². The fraction of sp³-hybridized carbons (Fsp3) is 0.450. The molecule has 68 heavy (non-hydrogen) atoms. The molecule has 0 atom stereocenters. The van der Waals surface area contributed by atoms with E-state index >= 15 is 0 Å². The van der Waals surface area contributed by atoms with Crippen molar-refractivity contribution in [1.29, 1.82) is 5.41 Å². The molecule has 8 nitrogen and oxygen atoms in total. The number of benzene rings is 4. The highest BCUT2D eigenvalue weighted by Gasteiger charge is 2.25. The van der Waals surface area contributed by atoms with Crippen molar-refractivity contribution >= 4 is 50.2 Å². The highest BCUT2D eigenvalue weighted by molar-refractivity contribution is 6.15. The molecule has 0 saturated carbocycles. The lowest BCUT2D eigenvalue weighted by atomic mass is 9.92. The lowest BCUT2D eigenvalue weighted by Gasteiger charge is -2.12. The van der Waals surface area contributed by atoms with Crippen molar-refractivity contribution in [2.45, 2.75) is 149 Å². The second kappa shape index (κ2) is 36.5. The molecule has 0 spiro atoms. The van der Waals surface area contributed by atoms with Gasteiger partial charge in [0.05, 0.1) is 11.3 Å². The van der Waals surface area contributed by atoms with Crippen LogP contribution in [0.25, 0.3) is 27.1 Å². The van der Waals surface area contributed by atoms with Crippen molar-refractivity contribution in [3.63, 3.8) is 0 Å². The Morgan fingerprint density at radius 3 is 1.62 bits per heavy atom. The Bertz CT molecular complexity index is 2250. The molecular formula is C60H92N4O4. The average molecular weight is 933 g/mol. The number of allylic oxidation sites excluding steroid dienone is 10. The molecule has 4 aromatic carbocycles. The summed E-state index contributed by atoms with van der Waals surface area (Å²) in [5.74, 6) is 1.68. The van der Waals surface area contributed by atoms with Crippen LogP contribution in [0.15, 0.2) is 125 Å². The minimum atomic E-state index is -0.333. The number of aliphatic hydroxyl groups is 2. The lowest BCUT2D eigenvalue weighted by Crippen LogP contribution is -2.05. The van der Waals surface area contributed by atoms with Gasteiger partial charge >= 0.3 is 0 Å². The minimum absolute atomic E-state index is 0.00140. The van der Waals surface area contributed by atoms with Crippen molar-refractivity contribution in [3.8, 4) is 0 Å². The maximum Gasteiger partial charge on any atom is 0.214 e. The van der Waals surface area contributed by atoms with Crippen molar-refractivity contribution in [2.24, 2.45) is 29.2 Å². The van der Waals surface area contributed by atoms with E-state index in [0.29, 0.717) is 30.2 Å². The maximum atomic E-state index is 12.8. The van der Waals surface area contributed by atoms with Gasteiger partial charge in [-0.1, -0.05) is 180 Å². The summed E-state index contributed by atoms with van der Waals surface area (Å²) < 4.78 is 0. The van der Waals surface area contributed by atoms with Gasteiger partial charge in [0.25, 0.3) is 0 Å². The summed E-state index contributed by atoms with van der Waals surface area (Å²) in [6.45, 7) is 33.0. The number of nitrogen functional groups attached to an aromatic ring is 1. The molecular weight excluding hydrogens is 841 g/mol. The Morgan fingerprint density at radius 1 is 0.750 bits per heavy atom. The zero-order chi connectivity index (χ0) is 52.5. The van der Waals surface area contributed by atoms with Crippen molar-refractivity contribution in [2.75, 3.05) is 18.9 Å². The number of nitrogens with two attached hydrogens (primary N) is 3. The van der Waals surface area contributed by atoms with Gasteiger partial charge in [-0.25, -0.2) is 0 Å². The molecule has 1 amide bonds. The fourth-order valence-electron chi connectivity index (χ4n) is 6.24. The molecule has 0 aliphatic heterocycles. The number of amides is 1. The first kappa shape index (κ1) is 64.5. The molecule has 1 aliphatic carbocycles. The van der Waals surface area contributed by atoms with Crippen LogP contribution in [0.3, 0.4) is 0 Å². The van der Waals surface area contributed by atoms with Gasteiger partial charge in [0, 0.05) is 30.2 Å². The first-order valence-corrected chi connectivity index (χ1v) is 24.7. The largest absolute Gasteiger partial charge is 0.512 e. The molecule has 0 bridgehead atoms. The molecule has 0 saturated heterocycles. The van der Waals surface area contributed by atoms with Gasteiger partial charge in [0.1, 0.15) is 5.76 Å². The van der Waals surface area contributed by atoms with Crippen molar-refractivity contribution in [1.82, 2.24) is 0 Å². The zero-order valence-corrected chi connectivity index (χ0v) is 45.1. The molecule has 376 valence electrons. The van der Waals surface area contributed by atoms with E-state index in [4.69, 9.17) is 22.0 Å². The van der Waals surface area contributed by atoms with Crippen LogP contribution in [-0.4, -0.2) is 40.8 Å². The summed E-state index contributed by atoms with van der Waals surface area (Å²) in [7, 11) is 0. The summed E-state index contributed by atoms with van der Waals surface area (Å²) in [5.41, 5.74) is 24.2. The number of Topliss-reactive ketones (excluding diaryl/α,β-unsaturated/α-hetero) is 1. The predicted molar refractivity (Wildman–Crippen MR) is 299 cm³/mol. The third kappa shape index (κ3) is 24.5. The summed E-state index contributed by atoms with van der Waals surface area (Å²) in [5, 5.41) is 31.9. The summed E-state index contributed by atoms with van der Waals surface area (Å²) in [6, 6.07) is 24.3. The zero-order valence-electron chi connectivity index (χ0n) is 45.1. The molecule has 8 heteroatoms. The van der Waals surface area contributed by atoms with Crippen LogP contribution >= 0.6 is 0 Å². The quantitative estimate of drug-likeness (QED) is 0.0356. The number of anilines is 1. The van der Waals surface area contributed by atoms with Crippen LogP contribution in [-0.2, 0) is 9.59 Å². The van der Waals surface area contributed by atoms with E-state index in [0.717, 1.165) is 91.0 Å². The van der Waals surface area contributed by atoms with Crippen LogP contribution in [0, 0.1) is 30.1 Å². The maximum absolute atomic E-state index is 12.8. The van der Waals surface area contributed by atoms with Crippen LogP contribution in [0.4, 0.5) is 5.69 Å².